The Morgan fingerprint density at radius 1 is 1.00 bits per heavy atom. The van der Waals surface area contributed by atoms with Crippen LogP contribution in [0.4, 0.5) is 0 Å². The van der Waals surface area contributed by atoms with Gasteiger partial charge in [0.25, 0.3) is 0 Å². The van der Waals surface area contributed by atoms with Crippen LogP contribution in [-0.2, 0) is 17.8 Å². The molecule has 0 aliphatic carbocycles. The lowest BCUT2D eigenvalue weighted by molar-refractivity contribution is 0.0341. The monoisotopic (exact) mass is 538 g/mol. The van der Waals surface area contributed by atoms with E-state index in [9.17, 15) is 0 Å². The number of aliphatic imine (C=N–C) groups is 1. The Labute approximate surface area is 203 Å². The summed E-state index contributed by atoms with van der Waals surface area (Å²) in [6.45, 7) is 10.7. The minimum atomic E-state index is 0. The molecule has 170 valence electrons. The topological polar surface area (TPSA) is 58.1 Å². The van der Waals surface area contributed by atoms with Gasteiger partial charge in [0.05, 0.1) is 19.8 Å². The van der Waals surface area contributed by atoms with Crippen LogP contribution in [0.25, 0.3) is 0 Å². The molecule has 31 heavy (non-hydrogen) atoms. The molecule has 2 aromatic carbocycles. The fourth-order valence-electron chi connectivity index (χ4n) is 3.63. The van der Waals surface area contributed by atoms with Gasteiger partial charge in [0.2, 0.25) is 0 Å². The highest BCUT2D eigenvalue weighted by Gasteiger charge is 2.12. The number of aryl methyl sites for hydroxylation is 2. The molecule has 0 radical (unpaired) electrons. The van der Waals surface area contributed by atoms with Crippen LogP contribution in [0.15, 0.2) is 47.5 Å². The van der Waals surface area contributed by atoms with Gasteiger partial charge in [0.15, 0.2) is 5.96 Å². The lowest BCUT2D eigenvalue weighted by atomic mass is 10.1. The van der Waals surface area contributed by atoms with Crippen LogP contribution in [-0.4, -0.2) is 57.4 Å². The van der Waals surface area contributed by atoms with E-state index in [1.54, 1.807) is 7.05 Å². The van der Waals surface area contributed by atoms with Crippen molar-refractivity contribution in [3.8, 4) is 5.75 Å². The molecule has 0 bridgehead atoms. The number of guanidine groups is 1. The summed E-state index contributed by atoms with van der Waals surface area (Å²) in [4.78, 5) is 6.78. The Morgan fingerprint density at radius 2 is 1.68 bits per heavy atom. The van der Waals surface area contributed by atoms with Crippen LogP contribution in [0, 0.1) is 13.8 Å². The van der Waals surface area contributed by atoms with Gasteiger partial charge in [-0.05, 0) is 36.1 Å². The van der Waals surface area contributed by atoms with Gasteiger partial charge < -0.3 is 20.1 Å². The van der Waals surface area contributed by atoms with Crippen LogP contribution in [0.2, 0.25) is 0 Å². The standard InChI is InChI=1S/C24H34N4O2.HI/c1-19-7-6-8-20(2)23(19)30-14-11-26-24(25-3)27-17-21-9-4-5-10-22(21)18-28-12-15-29-16-13-28;/h4-10H,11-18H2,1-3H3,(H2,25,26,27);1H. The zero-order chi connectivity index (χ0) is 21.2. The van der Waals surface area contributed by atoms with Gasteiger partial charge in [0, 0.05) is 33.2 Å². The van der Waals surface area contributed by atoms with Gasteiger partial charge >= 0.3 is 0 Å². The van der Waals surface area contributed by atoms with E-state index in [1.165, 1.54) is 11.1 Å². The first kappa shape index (κ1) is 25.4. The molecule has 1 fully saturated rings. The summed E-state index contributed by atoms with van der Waals surface area (Å²) in [5, 5.41) is 6.76. The van der Waals surface area contributed by atoms with Crippen molar-refractivity contribution in [2.45, 2.75) is 26.9 Å². The van der Waals surface area contributed by atoms with Crippen LogP contribution in [0.5, 0.6) is 5.75 Å². The van der Waals surface area contributed by atoms with Crippen LogP contribution < -0.4 is 15.4 Å². The largest absolute Gasteiger partial charge is 0.491 e. The van der Waals surface area contributed by atoms with E-state index in [0.717, 1.165) is 62.2 Å². The summed E-state index contributed by atoms with van der Waals surface area (Å²) in [5.41, 5.74) is 4.96. The van der Waals surface area contributed by atoms with E-state index < -0.39 is 0 Å². The fraction of sp³-hybridized carbons (Fsp3) is 0.458. The van der Waals surface area contributed by atoms with Gasteiger partial charge in [-0.3, -0.25) is 9.89 Å². The Balaban J connectivity index is 0.00000341. The number of hydrogen-bond acceptors (Lipinski definition) is 4. The number of ether oxygens (including phenoxy) is 2. The number of rotatable bonds is 8. The molecule has 0 aromatic heterocycles. The van der Waals surface area contributed by atoms with Crippen molar-refractivity contribution in [3.05, 3.63) is 64.7 Å². The number of benzene rings is 2. The quantitative estimate of drug-likeness (QED) is 0.233. The van der Waals surface area contributed by atoms with E-state index >= 15 is 0 Å². The van der Waals surface area contributed by atoms with Crippen molar-refractivity contribution < 1.29 is 9.47 Å². The van der Waals surface area contributed by atoms with Crippen LogP contribution in [0.1, 0.15) is 22.3 Å². The molecule has 7 heteroatoms. The van der Waals surface area contributed by atoms with Crippen molar-refractivity contribution in [1.29, 1.82) is 0 Å². The van der Waals surface area contributed by atoms with Gasteiger partial charge in [-0.15, -0.1) is 24.0 Å². The predicted molar refractivity (Wildman–Crippen MR) is 138 cm³/mol. The van der Waals surface area contributed by atoms with Crippen LogP contribution >= 0.6 is 24.0 Å². The molecule has 2 aromatic rings. The Kier molecular flexibility index (Phi) is 11.1. The molecule has 3 rings (SSSR count). The summed E-state index contributed by atoms with van der Waals surface area (Å²) in [5.74, 6) is 1.75. The SMILES string of the molecule is CN=C(NCCOc1c(C)cccc1C)NCc1ccccc1CN1CCOCC1.I. The van der Waals surface area contributed by atoms with E-state index in [4.69, 9.17) is 9.47 Å². The maximum atomic E-state index is 5.97. The second kappa shape index (κ2) is 13.5. The van der Waals surface area contributed by atoms with Crippen LogP contribution in [0.3, 0.4) is 0 Å². The highest BCUT2D eigenvalue weighted by atomic mass is 127. The van der Waals surface area contributed by atoms with Gasteiger partial charge in [0.1, 0.15) is 12.4 Å². The van der Waals surface area contributed by atoms with Gasteiger partial charge in [-0.2, -0.15) is 0 Å². The number of para-hydroxylation sites is 1. The molecule has 1 aliphatic heterocycles. The molecular weight excluding hydrogens is 503 g/mol. The summed E-state index contributed by atoms with van der Waals surface area (Å²) in [7, 11) is 1.79. The van der Waals surface area contributed by atoms with Gasteiger partial charge in [-0.1, -0.05) is 42.5 Å². The number of hydrogen-bond donors (Lipinski definition) is 2. The van der Waals surface area contributed by atoms with E-state index in [1.807, 2.05) is 0 Å². The second-order valence-corrected chi connectivity index (χ2v) is 7.58. The highest BCUT2D eigenvalue weighted by Crippen LogP contribution is 2.21. The summed E-state index contributed by atoms with van der Waals surface area (Å²) in [6, 6.07) is 14.8. The summed E-state index contributed by atoms with van der Waals surface area (Å²) < 4.78 is 11.4. The summed E-state index contributed by atoms with van der Waals surface area (Å²) in [6.07, 6.45) is 0. The molecule has 1 aliphatic rings. The molecule has 0 atom stereocenters. The number of nitrogens with one attached hydrogen (secondary N) is 2. The predicted octanol–water partition coefficient (Wildman–Crippen LogP) is 3.50. The Bertz CT molecular complexity index is 818. The minimum absolute atomic E-state index is 0. The lowest BCUT2D eigenvalue weighted by Crippen LogP contribution is -2.39. The van der Waals surface area contributed by atoms with E-state index in [-0.39, 0.29) is 24.0 Å². The lowest BCUT2D eigenvalue weighted by Gasteiger charge is -2.27. The van der Waals surface area contributed by atoms with E-state index in [2.05, 4.69) is 76.8 Å². The summed E-state index contributed by atoms with van der Waals surface area (Å²) >= 11 is 0. The van der Waals surface area contributed by atoms with Crippen molar-refractivity contribution in [1.82, 2.24) is 15.5 Å². The third-order valence-corrected chi connectivity index (χ3v) is 5.34. The van der Waals surface area contributed by atoms with Crippen molar-refractivity contribution >= 4 is 29.9 Å². The molecule has 0 saturated carbocycles. The van der Waals surface area contributed by atoms with Crippen molar-refractivity contribution in [3.63, 3.8) is 0 Å². The normalized spacial score (nSPS) is 14.6. The molecule has 0 unspecified atom stereocenters. The molecule has 1 saturated heterocycles. The fourth-order valence-corrected chi connectivity index (χ4v) is 3.63. The smallest absolute Gasteiger partial charge is 0.191 e. The number of morpholine rings is 1. The zero-order valence-corrected chi connectivity index (χ0v) is 21.1. The molecule has 6 nitrogen and oxygen atoms in total. The Hall–Kier alpha value is -1.84. The highest BCUT2D eigenvalue weighted by molar-refractivity contribution is 14.0. The maximum absolute atomic E-state index is 5.97. The molecule has 2 N–H and O–H groups in total. The first-order chi connectivity index (χ1) is 14.7. The zero-order valence-electron chi connectivity index (χ0n) is 18.8. The third-order valence-electron chi connectivity index (χ3n) is 5.34. The average Bonchev–Trinajstić information content (AvgIpc) is 2.76. The van der Waals surface area contributed by atoms with E-state index in [0.29, 0.717) is 13.2 Å². The molecule has 1 heterocycles. The van der Waals surface area contributed by atoms with Crippen molar-refractivity contribution in [2.24, 2.45) is 4.99 Å². The average molecular weight is 538 g/mol. The maximum Gasteiger partial charge on any atom is 0.191 e. The number of halogens is 1. The molecule has 0 amide bonds. The minimum Gasteiger partial charge on any atom is -0.491 e. The number of nitrogens with zero attached hydrogens (tertiary/aromatic N) is 2. The van der Waals surface area contributed by atoms with Crippen molar-refractivity contribution in [2.75, 3.05) is 46.5 Å². The Morgan fingerprint density at radius 3 is 2.35 bits per heavy atom. The first-order valence-electron chi connectivity index (χ1n) is 10.7. The third kappa shape index (κ3) is 7.97. The molecular formula is C24H35IN4O2. The second-order valence-electron chi connectivity index (χ2n) is 7.58. The molecule has 0 spiro atoms. The van der Waals surface area contributed by atoms with Gasteiger partial charge in [-0.25, -0.2) is 0 Å². The first-order valence-corrected chi connectivity index (χ1v) is 10.7.